The average Bonchev–Trinajstić information content (AvgIpc) is 3.20. The number of carbonyl (C=O) groups excluding carboxylic acids is 1. The van der Waals surface area contributed by atoms with Crippen molar-refractivity contribution in [3.63, 3.8) is 0 Å². The van der Waals surface area contributed by atoms with E-state index in [1.54, 1.807) is 0 Å². The maximum Gasteiger partial charge on any atom is 0.217 e. The molecule has 0 spiro atoms. The Hall–Kier alpha value is -1.13. The molecule has 0 unspecified atom stereocenters. The number of rotatable bonds is 10. The van der Waals surface area contributed by atoms with E-state index in [-0.39, 0.29) is 0 Å². The average molecular weight is 560 g/mol. The van der Waals surface area contributed by atoms with Crippen molar-refractivity contribution in [2.75, 3.05) is 26.9 Å². The van der Waals surface area contributed by atoms with Crippen LogP contribution in [0, 0.1) is 0 Å². The SMILES string of the molecule is CO[C@H]1O[C@H](CO[C@@H]2O[C@@H]([C@H](O)CO)[C@H](O)[C@H]2O[C@@H]2O[C@H](CO)[C@@H](O)[C@H](O)[C@H]2NC(C)=O)[C@@H](O)[C@H](O)[C@H]1O. The van der Waals surface area contributed by atoms with Gasteiger partial charge in [-0.1, -0.05) is 0 Å². The molecule has 3 aliphatic rings. The molecule has 0 bridgehead atoms. The molecule has 3 fully saturated rings. The first-order valence-corrected chi connectivity index (χ1v) is 12.0. The lowest BCUT2D eigenvalue weighted by molar-refractivity contribution is -0.317. The number of aliphatic hydroxyl groups excluding tert-OH is 9. The molecule has 38 heavy (non-hydrogen) atoms. The van der Waals surface area contributed by atoms with Gasteiger partial charge in [0.25, 0.3) is 0 Å². The van der Waals surface area contributed by atoms with E-state index in [9.17, 15) is 50.8 Å². The molecule has 17 nitrogen and oxygen atoms in total. The highest BCUT2D eigenvalue weighted by atomic mass is 16.8. The van der Waals surface area contributed by atoms with E-state index in [0.29, 0.717) is 0 Å². The van der Waals surface area contributed by atoms with Gasteiger partial charge in [0, 0.05) is 14.0 Å². The molecule has 3 heterocycles. The zero-order chi connectivity index (χ0) is 28.3. The van der Waals surface area contributed by atoms with Crippen molar-refractivity contribution in [1.29, 1.82) is 0 Å². The first-order valence-electron chi connectivity index (χ1n) is 12.0. The van der Waals surface area contributed by atoms with Crippen LogP contribution in [0.15, 0.2) is 0 Å². The monoisotopic (exact) mass is 559 g/mol. The Morgan fingerprint density at radius 3 is 2.05 bits per heavy atom. The van der Waals surface area contributed by atoms with Gasteiger partial charge in [-0.2, -0.15) is 0 Å². The molecule has 222 valence electrons. The summed E-state index contributed by atoms with van der Waals surface area (Å²) >= 11 is 0. The summed E-state index contributed by atoms with van der Waals surface area (Å²) in [6.45, 7) is -0.913. The highest BCUT2D eigenvalue weighted by molar-refractivity contribution is 5.73. The van der Waals surface area contributed by atoms with E-state index in [1.807, 2.05) is 0 Å². The van der Waals surface area contributed by atoms with Crippen LogP contribution in [0.1, 0.15) is 6.92 Å². The maximum absolute atomic E-state index is 11.7. The summed E-state index contributed by atoms with van der Waals surface area (Å²) in [4.78, 5) is 11.7. The number of hydrogen-bond donors (Lipinski definition) is 10. The fourth-order valence-electron chi connectivity index (χ4n) is 4.54. The molecule has 0 aromatic rings. The van der Waals surface area contributed by atoms with Gasteiger partial charge < -0.3 is 79.7 Å². The Morgan fingerprint density at radius 2 is 1.47 bits per heavy atom. The summed E-state index contributed by atoms with van der Waals surface area (Å²) in [6.07, 6.45) is -21.3. The largest absolute Gasteiger partial charge is 0.394 e. The van der Waals surface area contributed by atoms with Crippen molar-refractivity contribution in [1.82, 2.24) is 5.32 Å². The van der Waals surface area contributed by atoms with Crippen LogP contribution < -0.4 is 5.32 Å². The van der Waals surface area contributed by atoms with Crippen molar-refractivity contribution in [3.05, 3.63) is 0 Å². The molecule has 3 saturated heterocycles. The van der Waals surface area contributed by atoms with Crippen molar-refractivity contribution >= 4 is 5.91 Å². The summed E-state index contributed by atoms with van der Waals surface area (Å²) in [7, 11) is 1.21. The van der Waals surface area contributed by atoms with Crippen LogP contribution in [0.25, 0.3) is 0 Å². The number of carbonyl (C=O) groups is 1. The Morgan fingerprint density at radius 1 is 0.842 bits per heavy atom. The minimum atomic E-state index is -1.67. The smallest absolute Gasteiger partial charge is 0.217 e. The van der Waals surface area contributed by atoms with Gasteiger partial charge in [0.2, 0.25) is 5.91 Å². The predicted molar refractivity (Wildman–Crippen MR) is 118 cm³/mol. The van der Waals surface area contributed by atoms with Crippen LogP contribution >= 0.6 is 0 Å². The maximum atomic E-state index is 11.7. The van der Waals surface area contributed by atoms with Gasteiger partial charge >= 0.3 is 0 Å². The Balaban J connectivity index is 1.79. The molecule has 0 aromatic carbocycles. The summed E-state index contributed by atoms with van der Waals surface area (Å²) in [5, 5.41) is 93.2. The second-order valence-corrected chi connectivity index (χ2v) is 9.33. The van der Waals surface area contributed by atoms with Gasteiger partial charge in [-0.05, 0) is 0 Å². The molecule has 0 saturated carbocycles. The van der Waals surface area contributed by atoms with Crippen molar-refractivity contribution in [2.45, 2.75) is 99.0 Å². The van der Waals surface area contributed by atoms with Crippen LogP contribution in [-0.2, 0) is 33.2 Å². The summed E-state index contributed by atoms with van der Waals surface area (Å²) in [5.41, 5.74) is 0. The number of aliphatic hydroxyl groups is 9. The minimum absolute atomic E-state index is 0.509. The minimum Gasteiger partial charge on any atom is -0.394 e. The van der Waals surface area contributed by atoms with E-state index < -0.39 is 118 Å². The van der Waals surface area contributed by atoms with Gasteiger partial charge in [-0.3, -0.25) is 4.79 Å². The molecule has 1 amide bonds. The second-order valence-electron chi connectivity index (χ2n) is 9.33. The lowest BCUT2D eigenvalue weighted by Gasteiger charge is -2.43. The molecule has 15 atom stereocenters. The summed E-state index contributed by atoms with van der Waals surface area (Å²) in [5.74, 6) is -0.623. The van der Waals surface area contributed by atoms with Crippen molar-refractivity contribution < 1.29 is 79.2 Å². The number of ether oxygens (including phenoxy) is 6. The lowest BCUT2D eigenvalue weighted by atomic mass is 9.96. The number of hydrogen-bond acceptors (Lipinski definition) is 16. The van der Waals surface area contributed by atoms with Gasteiger partial charge in [-0.15, -0.1) is 0 Å². The van der Waals surface area contributed by atoms with Crippen molar-refractivity contribution in [3.8, 4) is 0 Å². The fourth-order valence-corrected chi connectivity index (χ4v) is 4.54. The molecule has 10 N–H and O–H groups in total. The zero-order valence-electron chi connectivity index (χ0n) is 20.7. The molecular formula is C21H37NO16. The third-order valence-corrected chi connectivity index (χ3v) is 6.67. The van der Waals surface area contributed by atoms with Crippen LogP contribution in [0.3, 0.4) is 0 Å². The van der Waals surface area contributed by atoms with Crippen LogP contribution in [0.4, 0.5) is 0 Å². The van der Waals surface area contributed by atoms with E-state index in [4.69, 9.17) is 28.4 Å². The highest BCUT2D eigenvalue weighted by Gasteiger charge is 2.53. The van der Waals surface area contributed by atoms with E-state index in [0.717, 1.165) is 6.92 Å². The number of nitrogens with one attached hydrogen (secondary N) is 1. The number of methoxy groups -OCH3 is 1. The van der Waals surface area contributed by atoms with Gasteiger partial charge in [0.05, 0.1) is 19.8 Å². The Bertz CT molecular complexity index is 761. The zero-order valence-corrected chi connectivity index (χ0v) is 20.7. The Kier molecular flexibility index (Phi) is 11.1. The molecule has 0 radical (unpaired) electrons. The fraction of sp³-hybridized carbons (Fsp3) is 0.952. The van der Waals surface area contributed by atoms with Crippen LogP contribution in [-0.4, -0.2) is 171 Å². The van der Waals surface area contributed by atoms with Crippen LogP contribution in [0.5, 0.6) is 0 Å². The standard InChI is InChI=1S/C21H37NO16/c1-6(25)22-10-13(29)11(27)8(4-24)35-19(10)38-18-16(32)17(7(26)3-23)37-21(18)34-5-9-12(28)14(30)15(31)20(33-2)36-9/h7-21,23-24,26-32H,3-5H2,1-2H3,(H,22,25)/t7-,8-,9-,10-,11-,12-,13-,14+,15-,16+,17+,18-,19+,20+,21-/m1/s1. The predicted octanol–water partition coefficient (Wildman–Crippen LogP) is -6.78. The van der Waals surface area contributed by atoms with Crippen LogP contribution in [0.2, 0.25) is 0 Å². The third-order valence-electron chi connectivity index (χ3n) is 6.67. The Labute approximate surface area is 217 Å². The van der Waals surface area contributed by atoms with E-state index in [1.165, 1.54) is 7.11 Å². The second kappa shape index (κ2) is 13.5. The number of amides is 1. The molecular weight excluding hydrogens is 522 g/mol. The molecule has 0 aliphatic carbocycles. The highest BCUT2D eigenvalue weighted by Crippen LogP contribution is 2.32. The third kappa shape index (κ3) is 6.60. The van der Waals surface area contributed by atoms with E-state index in [2.05, 4.69) is 5.32 Å². The molecule has 3 aliphatic heterocycles. The molecule has 17 heteroatoms. The van der Waals surface area contributed by atoms with E-state index >= 15 is 0 Å². The summed E-state index contributed by atoms with van der Waals surface area (Å²) in [6, 6.07) is -1.37. The first kappa shape index (κ1) is 31.4. The van der Waals surface area contributed by atoms with Gasteiger partial charge in [0.15, 0.2) is 18.9 Å². The topological polar surface area (TPSA) is 267 Å². The normalized spacial score (nSPS) is 46.6. The molecule has 3 rings (SSSR count). The molecule has 0 aromatic heterocycles. The van der Waals surface area contributed by atoms with Gasteiger partial charge in [-0.25, -0.2) is 0 Å². The summed E-state index contributed by atoms with van der Waals surface area (Å²) < 4.78 is 32.8. The quantitative estimate of drug-likeness (QED) is 0.119. The first-order chi connectivity index (χ1) is 17.9. The van der Waals surface area contributed by atoms with Crippen molar-refractivity contribution in [2.24, 2.45) is 0 Å². The lowest BCUT2D eigenvalue weighted by Crippen LogP contribution is -2.65. The van der Waals surface area contributed by atoms with Gasteiger partial charge in [0.1, 0.15) is 73.2 Å².